The minimum absolute atomic E-state index is 0.240. The summed E-state index contributed by atoms with van der Waals surface area (Å²) in [5.41, 5.74) is 0.460. The summed E-state index contributed by atoms with van der Waals surface area (Å²) >= 11 is 0. The molecule has 4 nitrogen and oxygen atoms in total. The molecule has 5 atom stereocenters. The van der Waals surface area contributed by atoms with Gasteiger partial charge >= 0.3 is 5.97 Å². The minimum Gasteiger partial charge on any atom is -0.462 e. The van der Waals surface area contributed by atoms with Crippen LogP contribution < -0.4 is 0 Å². The molecule has 2 aliphatic carbocycles. The average Bonchev–Trinajstić information content (AvgIpc) is 3.36. The first kappa shape index (κ1) is 17.7. The van der Waals surface area contributed by atoms with E-state index >= 15 is 0 Å². The van der Waals surface area contributed by atoms with E-state index in [4.69, 9.17) is 9.47 Å². The highest BCUT2D eigenvalue weighted by molar-refractivity contribution is 5.86. The number of fused-ring (bicyclic) bond motifs is 1. The number of Topliss-reactive ketones (excluding diaryl/α,β-unsaturated/α-hetero) is 1. The summed E-state index contributed by atoms with van der Waals surface area (Å²) in [5.74, 6) is 1.44. The zero-order valence-electron chi connectivity index (χ0n) is 14.8. The average molecular weight is 334 g/mol. The van der Waals surface area contributed by atoms with Crippen LogP contribution in [0, 0.1) is 17.8 Å². The molecule has 0 amide bonds. The van der Waals surface area contributed by atoms with E-state index in [0.29, 0.717) is 48.4 Å². The second kappa shape index (κ2) is 7.81. The van der Waals surface area contributed by atoms with Gasteiger partial charge in [-0.3, -0.25) is 4.79 Å². The normalized spacial score (nSPS) is 35.0. The summed E-state index contributed by atoms with van der Waals surface area (Å²) in [6.45, 7) is 5.79. The molecule has 0 bridgehead atoms. The molecule has 1 aliphatic heterocycles. The van der Waals surface area contributed by atoms with Crippen molar-refractivity contribution in [3.63, 3.8) is 0 Å². The molecule has 0 spiro atoms. The van der Waals surface area contributed by atoms with E-state index in [0.717, 1.165) is 38.5 Å². The highest BCUT2D eigenvalue weighted by atomic mass is 16.6. The Kier molecular flexibility index (Phi) is 5.75. The lowest BCUT2D eigenvalue weighted by molar-refractivity contribution is -0.140. The third-order valence-corrected chi connectivity index (χ3v) is 5.95. The highest BCUT2D eigenvalue weighted by Gasteiger charge is 2.45. The summed E-state index contributed by atoms with van der Waals surface area (Å²) < 4.78 is 10.8. The molecule has 1 saturated heterocycles. The van der Waals surface area contributed by atoms with Gasteiger partial charge in [-0.1, -0.05) is 19.4 Å². The standard InChI is InChI=1S/C20H30O4/c1-13(2)20(22)23-12-15-5-3-4-14(10-15)6-8-17(21)16-7-9-18-19(11-16)24-18/h14-16,18-19H,1,3-12H2,2H3. The Balaban J connectivity index is 1.36. The summed E-state index contributed by atoms with van der Waals surface area (Å²) in [6, 6.07) is 0. The predicted molar refractivity (Wildman–Crippen MR) is 91.5 cm³/mol. The van der Waals surface area contributed by atoms with Crippen molar-refractivity contribution in [3.05, 3.63) is 12.2 Å². The molecule has 3 aliphatic rings. The molecular weight excluding hydrogens is 304 g/mol. The van der Waals surface area contributed by atoms with Crippen LogP contribution in [0.3, 0.4) is 0 Å². The van der Waals surface area contributed by atoms with Crippen molar-refractivity contribution in [3.8, 4) is 0 Å². The number of ether oxygens (including phenoxy) is 2. The number of carbonyl (C=O) groups excluding carboxylic acids is 2. The van der Waals surface area contributed by atoms with Gasteiger partial charge in [-0.2, -0.15) is 0 Å². The first-order chi connectivity index (χ1) is 11.5. The van der Waals surface area contributed by atoms with Crippen molar-refractivity contribution in [2.24, 2.45) is 17.8 Å². The number of hydrogen-bond donors (Lipinski definition) is 0. The zero-order chi connectivity index (χ0) is 17.1. The first-order valence-electron chi connectivity index (χ1n) is 9.53. The molecule has 0 N–H and O–H groups in total. The van der Waals surface area contributed by atoms with Crippen LogP contribution in [0.15, 0.2) is 12.2 Å². The van der Waals surface area contributed by atoms with Crippen molar-refractivity contribution in [2.45, 2.75) is 76.9 Å². The minimum atomic E-state index is -0.287. The van der Waals surface area contributed by atoms with E-state index < -0.39 is 0 Å². The van der Waals surface area contributed by atoms with Crippen molar-refractivity contribution < 1.29 is 19.1 Å². The third-order valence-electron chi connectivity index (χ3n) is 5.95. The maximum Gasteiger partial charge on any atom is 0.333 e. The van der Waals surface area contributed by atoms with E-state index in [1.807, 2.05) is 0 Å². The molecule has 1 heterocycles. The second-order valence-corrected chi connectivity index (χ2v) is 8.01. The fourth-order valence-corrected chi connectivity index (χ4v) is 4.38. The van der Waals surface area contributed by atoms with Gasteiger partial charge in [0.1, 0.15) is 5.78 Å². The second-order valence-electron chi connectivity index (χ2n) is 8.01. The predicted octanol–water partition coefficient (Wildman–Crippen LogP) is 3.83. The SMILES string of the molecule is C=C(C)C(=O)OCC1CCCC(CCC(=O)C2CCC3OC3C2)C1. The Morgan fingerprint density at radius 3 is 2.62 bits per heavy atom. The number of ketones is 1. The molecule has 2 saturated carbocycles. The van der Waals surface area contributed by atoms with Gasteiger partial charge < -0.3 is 9.47 Å². The molecule has 0 radical (unpaired) electrons. The summed E-state index contributed by atoms with van der Waals surface area (Å²) in [7, 11) is 0. The lowest BCUT2D eigenvalue weighted by Gasteiger charge is -2.29. The quantitative estimate of drug-likeness (QED) is 0.403. The first-order valence-corrected chi connectivity index (χ1v) is 9.53. The molecule has 0 aromatic rings. The molecular formula is C20H30O4. The highest BCUT2D eigenvalue weighted by Crippen LogP contribution is 2.40. The molecule has 3 rings (SSSR count). The molecule has 0 aromatic carbocycles. The van der Waals surface area contributed by atoms with E-state index in [-0.39, 0.29) is 11.9 Å². The van der Waals surface area contributed by atoms with Gasteiger partial charge in [0.25, 0.3) is 0 Å². The fraction of sp³-hybridized carbons (Fsp3) is 0.800. The molecule has 0 aromatic heterocycles. The van der Waals surface area contributed by atoms with Crippen molar-refractivity contribution in [1.82, 2.24) is 0 Å². The van der Waals surface area contributed by atoms with Crippen LogP contribution in [0.25, 0.3) is 0 Å². The van der Waals surface area contributed by atoms with Gasteiger partial charge in [0, 0.05) is 17.9 Å². The van der Waals surface area contributed by atoms with Crippen molar-refractivity contribution >= 4 is 11.8 Å². The third kappa shape index (κ3) is 4.69. The van der Waals surface area contributed by atoms with Gasteiger partial charge in [-0.15, -0.1) is 0 Å². The Hall–Kier alpha value is -1.16. The number of epoxide rings is 1. The van der Waals surface area contributed by atoms with Crippen LogP contribution in [0.1, 0.15) is 64.7 Å². The van der Waals surface area contributed by atoms with Gasteiger partial charge in [0.2, 0.25) is 0 Å². The molecule has 3 fully saturated rings. The number of hydrogen-bond acceptors (Lipinski definition) is 4. The summed E-state index contributed by atoms with van der Waals surface area (Å²) in [6.07, 6.45) is 10.2. The lowest BCUT2D eigenvalue weighted by Crippen LogP contribution is -2.24. The van der Waals surface area contributed by atoms with Gasteiger partial charge in [-0.25, -0.2) is 4.79 Å². The smallest absolute Gasteiger partial charge is 0.333 e. The summed E-state index contributed by atoms with van der Waals surface area (Å²) in [5, 5.41) is 0. The lowest BCUT2D eigenvalue weighted by atomic mass is 9.78. The largest absolute Gasteiger partial charge is 0.462 e. The maximum absolute atomic E-state index is 12.4. The van der Waals surface area contributed by atoms with Crippen molar-refractivity contribution in [1.29, 1.82) is 0 Å². The Morgan fingerprint density at radius 2 is 1.88 bits per heavy atom. The van der Waals surface area contributed by atoms with Crippen LogP contribution >= 0.6 is 0 Å². The van der Waals surface area contributed by atoms with Crippen molar-refractivity contribution in [2.75, 3.05) is 6.61 Å². The van der Waals surface area contributed by atoms with Crippen LogP contribution in [0.4, 0.5) is 0 Å². The Labute approximate surface area is 145 Å². The summed E-state index contributed by atoms with van der Waals surface area (Å²) in [4.78, 5) is 24.0. The van der Waals surface area contributed by atoms with E-state index in [1.165, 1.54) is 12.8 Å². The number of carbonyl (C=O) groups is 2. The van der Waals surface area contributed by atoms with Gasteiger partial charge in [0.15, 0.2) is 0 Å². The maximum atomic E-state index is 12.4. The molecule has 24 heavy (non-hydrogen) atoms. The van der Waals surface area contributed by atoms with Crippen LogP contribution in [0.5, 0.6) is 0 Å². The number of rotatable bonds is 7. The monoisotopic (exact) mass is 334 g/mol. The van der Waals surface area contributed by atoms with Gasteiger partial charge in [-0.05, 0) is 57.3 Å². The van der Waals surface area contributed by atoms with Crippen LogP contribution in [0.2, 0.25) is 0 Å². The Bertz CT molecular complexity index is 498. The molecule has 5 unspecified atom stereocenters. The van der Waals surface area contributed by atoms with Gasteiger partial charge in [0.05, 0.1) is 18.8 Å². The van der Waals surface area contributed by atoms with E-state index in [1.54, 1.807) is 6.92 Å². The van der Waals surface area contributed by atoms with E-state index in [9.17, 15) is 9.59 Å². The van der Waals surface area contributed by atoms with Crippen LogP contribution in [-0.4, -0.2) is 30.6 Å². The van der Waals surface area contributed by atoms with E-state index in [2.05, 4.69) is 6.58 Å². The topological polar surface area (TPSA) is 55.9 Å². The zero-order valence-corrected chi connectivity index (χ0v) is 14.8. The molecule has 4 heteroatoms. The number of esters is 1. The van der Waals surface area contributed by atoms with Crippen LogP contribution in [-0.2, 0) is 19.1 Å². The molecule has 134 valence electrons. The fourth-order valence-electron chi connectivity index (χ4n) is 4.38. The Morgan fingerprint density at radius 1 is 1.08 bits per heavy atom.